The van der Waals surface area contributed by atoms with Crippen LogP contribution in [0.15, 0.2) is 0 Å². The quantitative estimate of drug-likeness (QED) is 0.771. The van der Waals surface area contributed by atoms with E-state index in [4.69, 9.17) is 5.73 Å². The molecule has 0 radical (unpaired) electrons. The van der Waals surface area contributed by atoms with Gasteiger partial charge in [0.25, 0.3) is 10.2 Å². The van der Waals surface area contributed by atoms with Gasteiger partial charge in [0, 0.05) is 32.2 Å². The van der Waals surface area contributed by atoms with E-state index in [0.29, 0.717) is 32.1 Å². The predicted molar refractivity (Wildman–Crippen MR) is 79.0 cm³/mol. The zero-order valence-electron chi connectivity index (χ0n) is 12.5. The van der Waals surface area contributed by atoms with Crippen molar-refractivity contribution in [1.29, 1.82) is 0 Å². The number of rotatable bonds is 7. The predicted octanol–water partition coefficient (Wildman–Crippen LogP) is 1.41. The first-order valence-electron chi connectivity index (χ1n) is 7.44. The van der Waals surface area contributed by atoms with Gasteiger partial charge in [-0.25, -0.2) is 0 Å². The third kappa shape index (κ3) is 4.41. The highest BCUT2D eigenvalue weighted by atomic mass is 32.2. The molecule has 1 fully saturated rings. The molecule has 6 heteroatoms. The van der Waals surface area contributed by atoms with Gasteiger partial charge in [0.1, 0.15) is 0 Å². The lowest BCUT2D eigenvalue weighted by atomic mass is 9.92. The molecule has 114 valence electrons. The summed E-state index contributed by atoms with van der Waals surface area (Å²) in [5, 5.41) is 0. The standard InChI is InChI=1S/C13H29N3O2S/c1-4-8-15(9-5-2)19(17,18)16-10-6-13(7-11-16)12(3)14/h12-13H,4-11,14H2,1-3H3. The summed E-state index contributed by atoms with van der Waals surface area (Å²) < 4.78 is 28.4. The Balaban J connectivity index is 2.67. The van der Waals surface area contributed by atoms with Gasteiger partial charge < -0.3 is 5.73 Å². The molecule has 1 aliphatic heterocycles. The highest BCUT2D eigenvalue weighted by molar-refractivity contribution is 7.86. The Kier molecular flexibility index (Phi) is 6.73. The molecule has 0 spiro atoms. The zero-order chi connectivity index (χ0) is 14.5. The molecule has 5 nitrogen and oxygen atoms in total. The number of hydrogen-bond donors (Lipinski definition) is 1. The smallest absolute Gasteiger partial charge is 0.281 e. The lowest BCUT2D eigenvalue weighted by Gasteiger charge is -2.36. The van der Waals surface area contributed by atoms with E-state index in [9.17, 15) is 8.42 Å². The minimum atomic E-state index is -3.27. The van der Waals surface area contributed by atoms with E-state index >= 15 is 0 Å². The fourth-order valence-corrected chi connectivity index (χ4v) is 4.46. The second-order valence-electron chi connectivity index (χ2n) is 5.50. The molecule has 0 aromatic heterocycles. The van der Waals surface area contributed by atoms with E-state index < -0.39 is 10.2 Å². The second kappa shape index (κ2) is 7.57. The molecule has 1 atom stereocenters. The molecule has 1 aliphatic rings. The first-order valence-corrected chi connectivity index (χ1v) is 8.84. The third-order valence-corrected chi connectivity index (χ3v) is 5.88. The monoisotopic (exact) mass is 291 g/mol. The highest BCUT2D eigenvalue weighted by Gasteiger charge is 2.32. The summed E-state index contributed by atoms with van der Waals surface area (Å²) in [6.07, 6.45) is 3.47. The summed E-state index contributed by atoms with van der Waals surface area (Å²) in [4.78, 5) is 0. The normalized spacial score (nSPS) is 20.9. The van der Waals surface area contributed by atoms with Gasteiger partial charge in [-0.2, -0.15) is 17.0 Å². The van der Waals surface area contributed by atoms with Crippen LogP contribution in [-0.4, -0.2) is 49.2 Å². The molecular formula is C13H29N3O2S. The van der Waals surface area contributed by atoms with Crippen molar-refractivity contribution in [3.05, 3.63) is 0 Å². The van der Waals surface area contributed by atoms with E-state index in [0.717, 1.165) is 25.7 Å². The van der Waals surface area contributed by atoms with Crippen LogP contribution in [0.3, 0.4) is 0 Å². The SMILES string of the molecule is CCCN(CCC)S(=O)(=O)N1CCC(C(C)N)CC1. The third-order valence-electron chi connectivity index (χ3n) is 3.84. The van der Waals surface area contributed by atoms with E-state index in [1.54, 1.807) is 8.61 Å². The Hall–Kier alpha value is -0.170. The van der Waals surface area contributed by atoms with E-state index in [-0.39, 0.29) is 6.04 Å². The molecule has 1 rings (SSSR count). The van der Waals surface area contributed by atoms with Crippen LogP contribution >= 0.6 is 0 Å². The van der Waals surface area contributed by atoms with Crippen LogP contribution in [0.25, 0.3) is 0 Å². The maximum atomic E-state index is 12.6. The van der Waals surface area contributed by atoms with Gasteiger partial charge in [0.05, 0.1) is 0 Å². The summed E-state index contributed by atoms with van der Waals surface area (Å²) in [5.41, 5.74) is 5.90. The maximum absolute atomic E-state index is 12.6. The van der Waals surface area contributed by atoms with Crippen LogP contribution in [0.5, 0.6) is 0 Å². The largest absolute Gasteiger partial charge is 0.328 e. The van der Waals surface area contributed by atoms with Gasteiger partial charge in [-0.15, -0.1) is 0 Å². The molecule has 0 aromatic rings. The molecule has 0 aliphatic carbocycles. The Morgan fingerprint density at radius 3 is 2.05 bits per heavy atom. The number of nitrogens with zero attached hydrogens (tertiary/aromatic N) is 2. The number of nitrogens with two attached hydrogens (primary N) is 1. The lowest BCUT2D eigenvalue weighted by molar-refractivity contribution is 0.235. The van der Waals surface area contributed by atoms with Crippen molar-refractivity contribution in [3.63, 3.8) is 0 Å². The summed E-state index contributed by atoms with van der Waals surface area (Å²) in [6, 6.07) is 0.159. The van der Waals surface area contributed by atoms with E-state index in [1.165, 1.54) is 0 Å². The van der Waals surface area contributed by atoms with Crippen molar-refractivity contribution < 1.29 is 8.42 Å². The molecule has 0 saturated carbocycles. The van der Waals surface area contributed by atoms with Crippen molar-refractivity contribution in [3.8, 4) is 0 Å². The Labute approximate surface area is 118 Å². The van der Waals surface area contributed by atoms with Crippen molar-refractivity contribution in [2.24, 2.45) is 11.7 Å². The molecule has 2 N–H and O–H groups in total. The Bertz CT molecular complexity index is 343. The van der Waals surface area contributed by atoms with Gasteiger partial charge >= 0.3 is 0 Å². The van der Waals surface area contributed by atoms with E-state index in [2.05, 4.69) is 0 Å². The van der Waals surface area contributed by atoms with Crippen LogP contribution in [-0.2, 0) is 10.2 Å². The van der Waals surface area contributed by atoms with Crippen molar-refractivity contribution in [2.75, 3.05) is 26.2 Å². The van der Waals surface area contributed by atoms with Crippen LogP contribution in [0.1, 0.15) is 46.5 Å². The second-order valence-corrected chi connectivity index (χ2v) is 7.43. The fourth-order valence-electron chi connectivity index (χ4n) is 2.64. The van der Waals surface area contributed by atoms with Crippen LogP contribution in [0.2, 0.25) is 0 Å². The molecule has 0 aromatic carbocycles. The molecule has 1 heterocycles. The topological polar surface area (TPSA) is 66.6 Å². The van der Waals surface area contributed by atoms with Gasteiger partial charge in [-0.05, 0) is 38.5 Å². The Morgan fingerprint density at radius 1 is 1.21 bits per heavy atom. The van der Waals surface area contributed by atoms with Gasteiger partial charge in [0.2, 0.25) is 0 Å². The highest BCUT2D eigenvalue weighted by Crippen LogP contribution is 2.23. The van der Waals surface area contributed by atoms with Gasteiger partial charge in [-0.3, -0.25) is 0 Å². The lowest BCUT2D eigenvalue weighted by Crippen LogP contribution is -2.49. The van der Waals surface area contributed by atoms with Crippen LogP contribution < -0.4 is 5.73 Å². The molecule has 0 amide bonds. The molecule has 19 heavy (non-hydrogen) atoms. The van der Waals surface area contributed by atoms with Crippen molar-refractivity contribution in [1.82, 2.24) is 8.61 Å². The first kappa shape index (κ1) is 16.9. The van der Waals surface area contributed by atoms with E-state index in [1.807, 2.05) is 20.8 Å². The molecule has 1 unspecified atom stereocenters. The Morgan fingerprint density at radius 2 is 1.68 bits per heavy atom. The van der Waals surface area contributed by atoms with Crippen LogP contribution in [0.4, 0.5) is 0 Å². The van der Waals surface area contributed by atoms with Crippen LogP contribution in [0, 0.1) is 5.92 Å². The average Bonchev–Trinajstić information content (AvgIpc) is 2.38. The minimum absolute atomic E-state index is 0.159. The molecule has 1 saturated heterocycles. The first-order chi connectivity index (χ1) is 8.93. The number of piperidine rings is 1. The number of hydrogen-bond acceptors (Lipinski definition) is 3. The average molecular weight is 291 g/mol. The summed E-state index contributed by atoms with van der Waals surface area (Å²) in [5.74, 6) is 0.456. The summed E-state index contributed by atoms with van der Waals surface area (Å²) in [6.45, 7) is 8.49. The summed E-state index contributed by atoms with van der Waals surface area (Å²) >= 11 is 0. The summed E-state index contributed by atoms with van der Waals surface area (Å²) in [7, 11) is -3.27. The van der Waals surface area contributed by atoms with Gasteiger partial charge in [-0.1, -0.05) is 13.8 Å². The van der Waals surface area contributed by atoms with Crippen molar-refractivity contribution in [2.45, 2.75) is 52.5 Å². The minimum Gasteiger partial charge on any atom is -0.328 e. The molecular weight excluding hydrogens is 262 g/mol. The molecule has 0 bridgehead atoms. The van der Waals surface area contributed by atoms with Crippen molar-refractivity contribution >= 4 is 10.2 Å². The van der Waals surface area contributed by atoms with Gasteiger partial charge in [0.15, 0.2) is 0 Å². The zero-order valence-corrected chi connectivity index (χ0v) is 13.3. The maximum Gasteiger partial charge on any atom is 0.281 e. The fraction of sp³-hybridized carbons (Fsp3) is 1.00.